The summed E-state index contributed by atoms with van der Waals surface area (Å²) in [4.78, 5) is 20.1. The number of nitrogens with zero attached hydrogens (tertiary/aromatic N) is 3. The molecule has 2 heterocycles. The molecule has 2 aromatic heterocycles. The van der Waals surface area contributed by atoms with Crippen LogP contribution in [0.3, 0.4) is 0 Å². The number of fused-ring (bicyclic) bond motifs is 3. The molecule has 1 aliphatic rings. The lowest BCUT2D eigenvalue weighted by Gasteiger charge is -2.11. The summed E-state index contributed by atoms with van der Waals surface area (Å²) in [6.07, 6.45) is 7.36. The second-order valence-electron chi connectivity index (χ2n) is 6.18. The first-order valence-corrected chi connectivity index (χ1v) is 10.1. The second-order valence-corrected chi connectivity index (χ2v) is 8.26. The molecule has 0 spiro atoms. The zero-order valence-corrected chi connectivity index (χ0v) is 15.5. The van der Waals surface area contributed by atoms with Crippen LogP contribution in [0.2, 0.25) is 0 Å². The maximum atomic E-state index is 13.1. The van der Waals surface area contributed by atoms with Crippen LogP contribution in [0.15, 0.2) is 22.6 Å². The highest BCUT2D eigenvalue weighted by Crippen LogP contribution is 2.34. The summed E-state index contributed by atoms with van der Waals surface area (Å²) in [7, 11) is 0. The van der Waals surface area contributed by atoms with Crippen molar-refractivity contribution in [3.63, 3.8) is 0 Å². The highest BCUT2D eigenvalue weighted by molar-refractivity contribution is 7.99. The van der Waals surface area contributed by atoms with Gasteiger partial charge in [-0.25, -0.2) is 4.98 Å². The summed E-state index contributed by atoms with van der Waals surface area (Å²) in [6, 6.07) is 2.23. The smallest absolute Gasteiger partial charge is 0.263 e. The van der Waals surface area contributed by atoms with Gasteiger partial charge < -0.3 is 0 Å². The number of rotatable bonds is 5. The van der Waals surface area contributed by atoms with Gasteiger partial charge in [-0.1, -0.05) is 24.3 Å². The van der Waals surface area contributed by atoms with E-state index in [1.165, 1.54) is 35.0 Å². The highest BCUT2D eigenvalue weighted by atomic mass is 32.2. The van der Waals surface area contributed by atoms with Crippen LogP contribution in [0.25, 0.3) is 10.2 Å². The first kappa shape index (κ1) is 17.2. The SMILES string of the molecule is C=CCn1c(SC[C@@H](C)C#N)nc2sc3c(c2c1=O)CCCCC3. The Morgan fingerprint density at radius 2 is 2.25 bits per heavy atom. The summed E-state index contributed by atoms with van der Waals surface area (Å²) < 4.78 is 1.71. The van der Waals surface area contributed by atoms with Gasteiger partial charge in [0.05, 0.1) is 17.4 Å². The molecule has 6 heteroatoms. The predicted molar refractivity (Wildman–Crippen MR) is 101 cm³/mol. The molecule has 24 heavy (non-hydrogen) atoms. The van der Waals surface area contributed by atoms with E-state index < -0.39 is 0 Å². The Bertz CT molecular complexity index is 860. The Labute approximate surface area is 150 Å². The van der Waals surface area contributed by atoms with Crippen LogP contribution in [0.5, 0.6) is 0 Å². The Kier molecular flexibility index (Phi) is 5.42. The van der Waals surface area contributed by atoms with Gasteiger partial charge >= 0.3 is 0 Å². The number of aromatic nitrogens is 2. The van der Waals surface area contributed by atoms with E-state index in [0.717, 1.165) is 29.5 Å². The van der Waals surface area contributed by atoms with E-state index in [4.69, 9.17) is 10.2 Å². The van der Waals surface area contributed by atoms with Gasteiger partial charge in [0.25, 0.3) is 5.56 Å². The monoisotopic (exact) mass is 359 g/mol. The largest absolute Gasteiger partial charge is 0.283 e. The molecule has 0 unspecified atom stereocenters. The van der Waals surface area contributed by atoms with Gasteiger partial charge in [0.15, 0.2) is 5.16 Å². The van der Waals surface area contributed by atoms with Crippen molar-refractivity contribution in [1.82, 2.24) is 9.55 Å². The zero-order chi connectivity index (χ0) is 17.1. The fraction of sp³-hybridized carbons (Fsp3) is 0.500. The quantitative estimate of drug-likeness (QED) is 0.348. The minimum absolute atomic E-state index is 0.0476. The van der Waals surface area contributed by atoms with Crippen molar-refractivity contribution in [1.29, 1.82) is 5.26 Å². The standard InChI is InChI=1S/C18H21N3OS2/c1-3-9-21-17(22)15-13-7-5-4-6-8-14(13)24-16(15)20-18(21)23-11-12(2)10-19/h3,12H,1,4-9,11H2,2H3/t12-/m0/s1. The third-order valence-corrected chi connectivity index (χ3v) is 6.71. The fourth-order valence-electron chi connectivity index (χ4n) is 3.03. The Balaban J connectivity index is 2.12. The predicted octanol–water partition coefficient (Wildman–Crippen LogP) is 4.16. The lowest BCUT2D eigenvalue weighted by Crippen LogP contribution is -2.23. The molecule has 1 aliphatic carbocycles. The number of allylic oxidation sites excluding steroid dienone is 1. The Hall–Kier alpha value is -1.58. The number of hydrogen-bond acceptors (Lipinski definition) is 5. The first-order chi connectivity index (χ1) is 11.7. The van der Waals surface area contributed by atoms with Gasteiger partial charge in [0.2, 0.25) is 0 Å². The van der Waals surface area contributed by atoms with Crippen LogP contribution < -0.4 is 5.56 Å². The maximum absolute atomic E-state index is 13.1. The van der Waals surface area contributed by atoms with Gasteiger partial charge in [-0.05, 0) is 38.2 Å². The summed E-state index contributed by atoms with van der Waals surface area (Å²) in [5, 5.41) is 10.5. The van der Waals surface area contributed by atoms with Crippen LogP contribution >= 0.6 is 23.1 Å². The summed E-state index contributed by atoms with van der Waals surface area (Å²) in [6.45, 7) is 6.11. The molecular formula is C18H21N3OS2. The number of nitriles is 1. The van der Waals surface area contributed by atoms with Crippen molar-refractivity contribution in [3.8, 4) is 6.07 Å². The summed E-state index contributed by atoms with van der Waals surface area (Å²) in [5.41, 5.74) is 1.27. The molecule has 0 fully saturated rings. The minimum Gasteiger partial charge on any atom is -0.283 e. The second kappa shape index (κ2) is 7.54. The zero-order valence-electron chi connectivity index (χ0n) is 13.9. The Morgan fingerprint density at radius 1 is 1.46 bits per heavy atom. The maximum Gasteiger partial charge on any atom is 0.263 e. The molecule has 126 valence electrons. The first-order valence-electron chi connectivity index (χ1n) is 8.34. The molecule has 3 rings (SSSR count). The molecule has 0 amide bonds. The molecule has 1 atom stereocenters. The van der Waals surface area contributed by atoms with Gasteiger partial charge in [-0.15, -0.1) is 17.9 Å². The van der Waals surface area contributed by atoms with Crippen LogP contribution in [0, 0.1) is 17.2 Å². The van der Waals surface area contributed by atoms with Crippen molar-refractivity contribution >= 4 is 33.3 Å². The average Bonchev–Trinajstić information content (AvgIpc) is 2.77. The number of thioether (sulfide) groups is 1. The van der Waals surface area contributed by atoms with E-state index in [1.54, 1.807) is 22.0 Å². The average molecular weight is 360 g/mol. The minimum atomic E-state index is -0.0696. The number of thiophene rings is 1. The topological polar surface area (TPSA) is 58.7 Å². The van der Waals surface area contributed by atoms with Gasteiger partial charge in [0, 0.05) is 17.2 Å². The molecule has 4 nitrogen and oxygen atoms in total. The van der Waals surface area contributed by atoms with Gasteiger partial charge in [-0.2, -0.15) is 5.26 Å². The third kappa shape index (κ3) is 3.28. The van der Waals surface area contributed by atoms with E-state index in [1.807, 2.05) is 6.92 Å². The van der Waals surface area contributed by atoms with Crippen LogP contribution in [-0.4, -0.2) is 15.3 Å². The van der Waals surface area contributed by atoms with Crippen molar-refractivity contribution in [3.05, 3.63) is 33.4 Å². The summed E-state index contributed by atoms with van der Waals surface area (Å²) >= 11 is 3.17. The van der Waals surface area contributed by atoms with E-state index in [9.17, 15) is 4.79 Å². The van der Waals surface area contributed by atoms with E-state index >= 15 is 0 Å². The van der Waals surface area contributed by atoms with Crippen molar-refractivity contribution < 1.29 is 0 Å². The molecule has 0 N–H and O–H groups in total. The van der Waals surface area contributed by atoms with Crippen molar-refractivity contribution in [2.24, 2.45) is 5.92 Å². The Morgan fingerprint density at radius 3 is 3.00 bits per heavy atom. The third-order valence-electron chi connectivity index (χ3n) is 4.28. The molecule has 0 saturated carbocycles. The molecule has 0 saturated heterocycles. The van der Waals surface area contributed by atoms with E-state index in [0.29, 0.717) is 17.5 Å². The lowest BCUT2D eigenvalue weighted by atomic mass is 10.1. The van der Waals surface area contributed by atoms with E-state index in [-0.39, 0.29) is 11.5 Å². The molecule has 2 aromatic rings. The molecular weight excluding hydrogens is 338 g/mol. The van der Waals surface area contributed by atoms with Crippen LogP contribution in [0.1, 0.15) is 36.6 Å². The van der Waals surface area contributed by atoms with Gasteiger partial charge in [0.1, 0.15) is 4.83 Å². The van der Waals surface area contributed by atoms with Crippen LogP contribution in [-0.2, 0) is 19.4 Å². The van der Waals surface area contributed by atoms with E-state index in [2.05, 4.69) is 12.6 Å². The van der Waals surface area contributed by atoms with Gasteiger partial charge in [-0.3, -0.25) is 9.36 Å². The van der Waals surface area contributed by atoms with Crippen LogP contribution in [0.4, 0.5) is 0 Å². The molecule has 0 aliphatic heterocycles. The number of hydrogen-bond donors (Lipinski definition) is 0. The fourth-order valence-corrected chi connectivity index (χ4v) is 5.29. The normalized spacial score (nSPS) is 15.5. The highest BCUT2D eigenvalue weighted by Gasteiger charge is 2.21. The summed E-state index contributed by atoms with van der Waals surface area (Å²) in [5.74, 6) is 0.566. The molecule has 0 radical (unpaired) electrons. The molecule has 0 bridgehead atoms. The van der Waals surface area contributed by atoms with Crippen molar-refractivity contribution in [2.75, 3.05) is 5.75 Å². The lowest BCUT2D eigenvalue weighted by molar-refractivity contribution is 0.669. The molecule has 0 aromatic carbocycles. The van der Waals surface area contributed by atoms with Crippen molar-refractivity contribution in [2.45, 2.75) is 50.7 Å². The number of aryl methyl sites for hydroxylation is 2.